The highest BCUT2D eigenvalue weighted by Crippen LogP contribution is 2.62. The summed E-state index contributed by atoms with van der Waals surface area (Å²) >= 11 is 0. The number of anilines is 1. The maximum Gasteiger partial charge on any atom is 0.185 e. The number of para-hydroxylation sites is 1. The van der Waals surface area contributed by atoms with Gasteiger partial charge in [-0.05, 0) is 35.6 Å². The Kier molecular flexibility index (Phi) is 6.96. The highest BCUT2D eigenvalue weighted by Gasteiger charge is 2.72. The van der Waals surface area contributed by atoms with E-state index < -0.39 is 23.4 Å². The molecule has 1 aliphatic carbocycles. The molecule has 1 fully saturated rings. The number of nitrogens with zero attached hydrogens (tertiary/aromatic N) is 1. The summed E-state index contributed by atoms with van der Waals surface area (Å²) in [6, 6.07) is 26.4. The zero-order chi connectivity index (χ0) is 31.5. The molecule has 0 N–H and O–H groups in total. The molecule has 45 heavy (non-hydrogen) atoms. The van der Waals surface area contributed by atoms with Gasteiger partial charge in [-0.3, -0.25) is 14.4 Å². The first kappa shape index (κ1) is 28.8. The zero-order valence-corrected chi connectivity index (χ0v) is 25.8. The molecule has 226 valence electrons. The third-order valence-corrected chi connectivity index (χ3v) is 9.64. The lowest BCUT2D eigenvalue weighted by Crippen LogP contribution is -2.48. The fourth-order valence-corrected chi connectivity index (χ4v) is 7.78. The van der Waals surface area contributed by atoms with Crippen LogP contribution in [0.25, 0.3) is 6.08 Å². The summed E-state index contributed by atoms with van der Waals surface area (Å²) in [6.07, 6.45) is 4.81. The number of hydrogen-bond acceptors (Lipinski definition) is 6. The monoisotopic (exact) mass is 597 g/mol. The van der Waals surface area contributed by atoms with Crippen LogP contribution in [0.3, 0.4) is 0 Å². The minimum atomic E-state index is -1.60. The van der Waals surface area contributed by atoms with E-state index in [1.165, 1.54) is 0 Å². The fraction of sp³-hybridized carbons (Fsp3) is 0.256. The lowest BCUT2D eigenvalue weighted by atomic mass is 9.64. The normalized spacial score (nSPS) is 20.7. The second-order valence-corrected chi connectivity index (χ2v) is 12.5. The van der Waals surface area contributed by atoms with Crippen molar-refractivity contribution in [1.29, 1.82) is 0 Å². The Morgan fingerprint density at radius 3 is 2.16 bits per heavy atom. The van der Waals surface area contributed by atoms with Gasteiger partial charge in [-0.25, -0.2) is 0 Å². The van der Waals surface area contributed by atoms with E-state index in [0.29, 0.717) is 39.7 Å². The molecule has 2 aliphatic heterocycles. The van der Waals surface area contributed by atoms with Crippen molar-refractivity contribution in [3.8, 4) is 11.5 Å². The number of hydrogen-bond donors (Lipinski definition) is 0. The van der Waals surface area contributed by atoms with Gasteiger partial charge >= 0.3 is 0 Å². The maximum atomic E-state index is 15.0. The number of carbonyl (C=O) groups is 3. The molecule has 0 aromatic heterocycles. The third kappa shape index (κ3) is 4.19. The number of benzene rings is 4. The summed E-state index contributed by atoms with van der Waals surface area (Å²) in [5.74, 6) is -0.0577. The molecule has 1 unspecified atom stereocenters. The second-order valence-electron chi connectivity index (χ2n) is 12.5. The van der Waals surface area contributed by atoms with Crippen LogP contribution in [0.15, 0.2) is 97.1 Å². The van der Waals surface area contributed by atoms with Crippen molar-refractivity contribution in [2.24, 2.45) is 11.3 Å². The highest BCUT2D eigenvalue weighted by molar-refractivity contribution is 6.32. The molecule has 0 amide bonds. The number of ether oxygens (including phenoxy) is 2. The standard InChI is InChI=1S/C39H35NO5/c1-23(2)21-24-13-15-26(16-14-24)36(41)35-34(30-19-18-27(44-3)22-32(30)45-4)39(37(42)28-10-6-7-11-29(28)38(39)43)33-20-17-25-9-5-8-12-31(25)40(33)35/h5-20,22-23,33-35H,21H2,1-4H3/t33?,34-,35+/m0/s1. The van der Waals surface area contributed by atoms with Crippen molar-refractivity contribution in [2.45, 2.75) is 38.3 Å². The van der Waals surface area contributed by atoms with Crippen molar-refractivity contribution in [3.05, 3.63) is 130 Å². The van der Waals surface area contributed by atoms with Crippen LogP contribution in [-0.2, 0) is 6.42 Å². The van der Waals surface area contributed by atoms with Gasteiger partial charge in [0.05, 0.1) is 20.3 Å². The van der Waals surface area contributed by atoms with Crippen LogP contribution in [0.4, 0.5) is 5.69 Å². The smallest absolute Gasteiger partial charge is 0.185 e. The molecule has 0 bridgehead atoms. The van der Waals surface area contributed by atoms with Gasteiger partial charge in [0.15, 0.2) is 17.3 Å². The molecule has 1 spiro atoms. The van der Waals surface area contributed by atoms with E-state index in [4.69, 9.17) is 9.47 Å². The number of fused-ring (bicyclic) bond motifs is 5. The quantitative estimate of drug-likeness (QED) is 0.166. The molecule has 4 aromatic rings. The van der Waals surface area contributed by atoms with Gasteiger partial charge in [0.2, 0.25) is 0 Å². The van der Waals surface area contributed by atoms with Crippen molar-refractivity contribution in [3.63, 3.8) is 0 Å². The van der Waals surface area contributed by atoms with Gasteiger partial charge in [0, 0.05) is 39.9 Å². The van der Waals surface area contributed by atoms with Crippen LogP contribution in [0.1, 0.15) is 67.5 Å². The molecular formula is C39H35NO5. The van der Waals surface area contributed by atoms with E-state index in [0.717, 1.165) is 23.2 Å². The largest absolute Gasteiger partial charge is 0.497 e. The summed E-state index contributed by atoms with van der Waals surface area (Å²) in [7, 11) is 3.13. The van der Waals surface area contributed by atoms with E-state index in [2.05, 4.69) is 13.8 Å². The van der Waals surface area contributed by atoms with Crippen LogP contribution in [0, 0.1) is 11.3 Å². The summed E-state index contributed by atoms with van der Waals surface area (Å²) in [4.78, 5) is 46.8. The first-order valence-electron chi connectivity index (χ1n) is 15.4. The van der Waals surface area contributed by atoms with Crippen LogP contribution in [-0.4, -0.2) is 43.7 Å². The Labute approximate surface area is 263 Å². The van der Waals surface area contributed by atoms with Crippen molar-refractivity contribution in [1.82, 2.24) is 0 Å². The van der Waals surface area contributed by atoms with Crippen molar-refractivity contribution < 1.29 is 23.9 Å². The van der Waals surface area contributed by atoms with Gasteiger partial charge in [0.1, 0.15) is 23.0 Å². The molecular weight excluding hydrogens is 562 g/mol. The zero-order valence-electron chi connectivity index (χ0n) is 25.8. The summed E-state index contributed by atoms with van der Waals surface area (Å²) in [5, 5.41) is 0. The lowest BCUT2D eigenvalue weighted by Gasteiger charge is -2.37. The number of ketones is 3. The molecule has 6 heteroatoms. The molecule has 1 saturated heterocycles. The number of Topliss-reactive ketones (excluding diaryl/α,β-unsaturated/α-hetero) is 3. The number of rotatable bonds is 7. The first-order valence-corrected chi connectivity index (χ1v) is 15.4. The predicted molar refractivity (Wildman–Crippen MR) is 175 cm³/mol. The molecule has 6 nitrogen and oxygen atoms in total. The summed E-state index contributed by atoms with van der Waals surface area (Å²) in [6.45, 7) is 4.33. The van der Waals surface area contributed by atoms with E-state index in [1.54, 1.807) is 50.6 Å². The highest BCUT2D eigenvalue weighted by atomic mass is 16.5. The van der Waals surface area contributed by atoms with Crippen molar-refractivity contribution >= 4 is 29.1 Å². The third-order valence-electron chi connectivity index (χ3n) is 9.64. The van der Waals surface area contributed by atoms with Crippen LogP contribution in [0.5, 0.6) is 11.5 Å². The van der Waals surface area contributed by atoms with E-state index >= 15 is 4.79 Å². The van der Waals surface area contributed by atoms with Crippen molar-refractivity contribution in [2.75, 3.05) is 19.1 Å². The molecule has 3 atom stereocenters. The molecule has 0 saturated carbocycles. The summed E-state index contributed by atoms with van der Waals surface area (Å²) in [5.41, 5.74) is 3.20. The van der Waals surface area contributed by atoms with Crippen LogP contribution in [0.2, 0.25) is 0 Å². The maximum absolute atomic E-state index is 15.0. The lowest BCUT2D eigenvalue weighted by molar-refractivity contribution is 0.0665. The average Bonchev–Trinajstić information content (AvgIpc) is 3.50. The molecule has 2 heterocycles. The molecule has 3 aliphatic rings. The van der Waals surface area contributed by atoms with Gasteiger partial charge in [-0.1, -0.05) is 98.8 Å². The minimum absolute atomic E-state index is 0.155. The van der Waals surface area contributed by atoms with Gasteiger partial charge in [-0.15, -0.1) is 0 Å². The molecule has 4 aromatic carbocycles. The van der Waals surface area contributed by atoms with Gasteiger partial charge in [0.25, 0.3) is 0 Å². The predicted octanol–water partition coefficient (Wildman–Crippen LogP) is 7.22. The Bertz CT molecular complexity index is 1840. The summed E-state index contributed by atoms with van der Waals surface area (Å²) < 4.78 is 11.4. The van der Waals surface area contributed by atoms with Gasteiger partial charge < -0.3 is 14.4 Å². The average molecular weight is 598 g/mol. The Morgan fingerprint density at radius 2 is 1.51 bits per heavy atom. The topological polar surface area (TPSA) is 72.9 Å². The first-order chi connectivity index (χ1) is 21.8. The Balaban J connectivity index is 1.51. The molecule has 7 rings (SSSR count). The van der Waals surface area contributed by atoms with E-state index in [9.17, 15) is 9.59 Å². The van der Waals surface area contributed by atoms with E-state index in [-0.39, 0.29) is 17.3 Å². The SMILES string of the molecule is COc1ccc([C@H]2[C@H](C(=O)c3ccc(CC(C)C)cc3)N3c4ccccc4C=CC3C23C(=O)c2ccccc2C3=O)c(OC)c1. The Morgan fingerprint density at radius 1 is 0.844 bits per heavy atom. The molecule has 0 radical (unpaired) electrons. The van der Waals surface area contributed by atoms with Crippen LogP contribution < -0.4 is 14.4 Å². The number of methoxy groups -OCH3 is 2. The second kappa shape index (κ2) is 10.9. The number of carbonyl (C=O) groups excluding carboxylic acids is 3. The van der Waals surface area contributed by atoms with Crippen LogP contribution >= 0.6 is 0 Å². The van der Waals surface area contributed by atoms with Gasteiger partial charge in [-0.2, -0.15) is 0 Å². The fourth-order valence-electron chi connectivity index (χ4n) is 7.78. The minimum Gasteiger partial charge on any atom is -0.497 e. The van der Waals surface area contributed by atoms with E-state index in [1.807, 2.05) is 71.6 Å². The Hall–Kier alpha value is -4.97.